The van der Waals surface area contributed by atoms with E-state index in [1.807, 2.05) is 19.1 Å². The Morgan fingerprint density at radius 1 is 1.33 bits per heavy atom. The van der Waals surface area contributed by atoms with Gasteiger partial charge in [-0.15, -0.1) is 11.3 Å². The van der Waals surface area contributed by atoms with Gasteiger partial charge >= 0.3 is 0 Å². The van der Waals surface area contributed by atoms with E-state index < -0.39 is 0 Å². The first-order valence-electron chi connectivity index (χ1n) is 11.1. The van der Waals surface area contributed by atoms with Crippen molar-refractivity contribution >= 4 is 38.8 Å². The average molecular weight is 468 g/mol. The third kappa shape index (κ3) is 3.90. The smallest absolute Gasteiger partial charge is 0.263 e. The van der Waals surface area contributed by atoms with Gasteiger partial charge in [-0.05, 0) is 44.0 Å². The van der Waals surface area contributed by atoms with Gasteiger partial charge in [0.2, 0.25) is 0 Å². The van der Waals surface area contributed by atoms with E-state index in [0.29, 0.717) is 23.6 Å². The van der Waals surface area contributed by atoms with E-state index in [9.17, 15) is 4.79 Å². The van der Waals surface area contributed by atoms with E-state index >= 15 is 0 Å². The summed E-state index contributed by atoms with van der Waals surface area (Å²) in [6, 6.07) is 10.0. The summed E-state index contributed by atoms with van der Waals surface area (Å²) in [5.41, 5.74) is 16.1. The first-order valence-corrected chi connectivity index (χ1v) is 11.9. The van der Waals surface area contributed by atoms with Crippen LogP contribution >= 0.6 is 11.3 Å². The number of carbonyl (C=O) groups is 1. The highest BCUT2D eigenvalue weighted by Gasteiger charge is 2.37. The number of methoxy groups -OCH3 is 1. The first kappa shape index (κ1) is 21.9. The van der Waals surface area contributed by atoms with Crippen LogP contribution in [0.3, 0.4) is 0 Å². The number of benzene rings is 1. The maximum atomic E-state index is 13.0. The highest BCUT2D eigenvalue weighted by Crippen LogP contribution is 2.35. The second-order valence-electron chi connectivity index (χ2n) is 8.87. The Balaban J connectivity index is 1.29. The molecule has 4 atom stereocenters. The molecule has 2 aliphatic heterocycles. The predicted molar refractivity (Wildman–Crippen MR) is 131 cm³/mol. The standard InChI is InChI=1S/C24H29N5O3S/c1-12-4-7-17-21(26)22(33-24(17)27-12)23(30)28-15-8-14-5-6-16(9-18(14)32-11-15)29-10-19(31-3)20(25)13(29)2/h4-7,9,13,15,19-20H,8,10-11,25-26H2,1-3H3,(H,28,30)/t13-,15+,19-,20-/m0/s1. The van der Waals surface area contributed by atoms with Gasteiger partial charge in [0.25, 0.3) is 5.91 Å². The van der Waals surface area contributed by atoms with Crippen LogP contribution in [0.2, 0.25) is 0 Å². The summed E-state index contributed by atoms with van der Waals surface area (Å²) in [5.74, 6) is 0.660. The molecule has 1 saturated heterocycles. The highest BCUT2D eigenvalue weighted by atomic mass is 32.1. The molecule has 33 heavy (non-hydrogen) atoms. The van der Waals surface area contributed by atoms with Gasteiger partial charge in [0, 0.05) is 42.5 Å². The lowest BCUT2D eigenvalue weighted by molar-refractivity contribution is 0.0920. The summed E-state index contributed by atoms with van der Waals surface area (Å²) in [7, 11) is 1.70. The number of aryl methyl sites for hydroxylation is 1. The zero-order valence-electron chi connectivity index (χ0n) is 19.0. The maximum Gasteiger partial charge on any atom is 0.263 e. The van der Waals surface area contributed by atoms with Crippen molar-refractivity contribution in [2.24, 2.45) is 5.73 Å². The Hall–Kier alpha value is -2.88. The molecule has 5 N–H and O–H groups in total. The molecule has 9 heteroatoms. The quantitative estimate of drug-likeness (QED) is 0.540. The van der Waals surface area contributed by atoms with Crippen LogP contribution in [0, 0.1) is 6.92 Å². The highest BCUT2D eigenvalue weighted by molar-refractivity contribution is 7.21. The molecule has 2 aromatic heterocycles. The van der Waals surface area contributed by atoms with Crippen LogP contribution < -0.4 is 26.4 Å². The summed E-state index contributed by atoms with van der Waals surface area (Å²) in [6.07, 6.45) is 0.705. The summed E-state index contributed by atoms with van der Waals surface area (Å²) < 4.78 is 11.6. The van der Waals surface area contributed by atoms with E-state index in [1.165, 1.54) is 11.3 Å². The van der Waals surface area contributed by atoms with Crippen molar-refractivity contribution < 1.29 is 14.3 Å². The molecule has 0 radical (unpaired) electrons. The Morgan fingerprint density at radius 3 is 2.91 bits per heavy atom. The van der Waals surface area contributed by atoms with Crippen molar-refractivity contribution in [3.63, 3.8) is 0 Å². The SMILES string of the molecule is CO[C@H]1CN(c2ccc3c(c2)OC[C@H](NC(=O)c2sc4nc(C)ccc4c2N)C3)[C@@H](C)[C@@H]1N. The maximum absolute atomic E-state index is 13.0. The second-order valence-corrected chi connectivity index (χ2v) is 9.87. The second kappa shape index (κ2) is 8.48. The number of hydrogen-bond acceptors (Lipinski definition) is 8. The molecule has 3 aromatic rings. The molecule has 0 aliphatic carbocycles. The van der Waals surface area contributed by atoms with Gasteiger partial charge in [-0.3, -0.25) is 4.79 Å². The van der Waals surface area contributed by atoms with Crippen LogP contribution in [-0.2, 0) is 11.2 Å². The molecule has 0 bridgehead atoms. The molecular formula is C24H29N5O3S. The number of nitrogens with one attached hydrogen (secondary N) is 1. The lowest BCUT2D eigenvalue weighted by Crippen LogP contribution is -2.42. The normalized spacial score (nSPS) is 24.5. The summed E-state index contributed by atoms with van der Waals surface area (Å²) in [6.45, 7) is 5.19. The van der Waals surface area contributed by atoms with E-state index in [4.69, 9.17) is 20.9 Å². The van der Waals surface area contributed by atoms with Gasteiger partial charge in [0.05, 0.1) is 23.9 Å². The van der Waals surface area contributed by atoms with Crippen LogP contribution in [-0.4, -0.2) is 55.4 Å². The average Bonchev–Trinajstić information content (AvgIpc) is 3.29. The number of amides is 1. The van der Waals surface area contributed by atoms with E-state index in [-0.39, 0.29) is 30.1 Å². The molecule has 0 unspecified atom stereocenters. The molecule has 5 rings (SSSR count). The number of nitrogen functional groups attached to an aromatic ring is 1. The Morgan fingerprint density at radius 2 is 2.15 bits per heavy atom. The van der Waals surface area contributed by atoms with Gasteiger partial charge in [-0.2, -0.15) is 0 Å². The number of anilines is 2. The lowest BCUT2D eigenvalue weighted by Gasteiger charge is -2.29. The Labute approximate surface area is 196 Å². The zero-order valence-corrected chi connectivity index (χ0v) is 19.8. The van der Waals surface area contributed by atoms with Gasteiger partial charge < -0.3 is 31.2 Å². The van der Waals surface area contributed by atoms with Gasteiger partial charge in [0.15, 0.2) is 0 Å². The number of fused-ring (bicyclic) bond motifs is 2. The first-order chi connectivity index (χ1) is 15.9. The molecule has 0 saturated carbocycles. The number of carbonyl (C=O) groups excluding carboxylic acids is 1. The largest absolute Gasteiger partial charge is 0.491 e. The van der Waals surface area contributed by atoms with E-state index in [0.717, 1.165) is 39.5 Å². The summed E-state index contributed by atoms with van der Waals surface area (Å²) in [4.78, 5) is 21.0. The van der Waals surface area contributed by atoms with Crippen LogP contribution in [0.25, 0.3) is 10.2 Å². The molecule has 4 heterocycles. The monoisotopic (exact) mass is 467 g/mol. The Kier molecular flexibility index (Phi) is 5.64. The molecule has 174 valence electrons. The number of ether oxygens (including phenoxy) is 2. The molecule has 1 fully saturated rings. The minimum atomic E-state index is -0.188. The fourth-order valence-corrected chi connectivity index (χ4v) is 5.76. The molecule has 1 amide bonds. The summed E-state index contributed by atoms with van der Waals surface area (Å²) in [5, 5.41) is 3.90. The lowest BCUT2D eigenvalue weighted by atomic mass is 10.0. The number of aromatic nitrogens is 1. The minimum Gasteiger partial charge on any atom is -0.491 e. The fourth-order valence-electron chi connectivity index (χ4n) is 4.71. The zero-order chi connectivity index (χ0) is 23.3. The van der Waals surface area contributed by atoms with Crippen molar-refractivity contribution in [1.29, 1.82) is 0 Å². The number of nitrogens with zero attached hydrogens (tertiary/aromatic N) is 2. The van der Waals surface area contributed by atoms with Crippen molar-refractivity contribution in [3.8, 4) is 5.75 Å². The van der Waals surface area contributed by atoms with E-state index in [1.54, 1.807) is 7.11 Å². The number of thiophene rings is 1. The Bertz CT molecular complexity index is 1210. The molecule has 0 spiro atoms. The van der Waals surface area contributed by atoms with Crippen molar-refractivity contribution in [2.45, 2.75) is 44.5 Å². The van der Waals surface area contributed by atoms with Crippen LogP contribution in [0.1, 0.15) is 27.9 Å². The van der Waals surface area contributed by atoms with Gasteiger partial charge in [-0.25, -0.2) is 4.98 Å². The van der Waals surface area contributed by atoms with Gasteiger partial charge in [0.1, 0.15) is 22.1 Å². The number of hydrogen-bond donors (Lipinski definition) is 3. The number of nitrogens with two attached hydrogens (primary N) is 2. The van der Waals surface area contributed by atoms with Crippen LogP contribution in [0.5, 0.6) is 5.75 Å². The summed E-state index contributed by atoms with van der Waals surface area (Å²) >= 11 is 1.32. The van der Waals surface area contributed by atoms with Crippen molar-refractivity contribution in [2.75, 3.05) is 30.9 Å². The number of pyridine rings is 1. The molecule has 1 aromatic carbocycles. The molecular weight excluding hydrogens is 438 g/mol. The van der Waals surface area contributed by atoms with Crippen molar-refractivity contribution in [3.05, 3.63) is 46.5 Å². The minimum absolute atomic E-state index is 0.0111. The third-order valence-electron chi connectivity index (χ3n) is 6.72. The predicted octanol–water partition coefficient (Wildman–Crippen LogP) is 2.47. The number of rotatable bonds is 4. The van der Waals surface area contributed by atoms with E-state index in [2.05, 4.69) is 40.3 Å². The molecule has 8 nitrogen and oxygen atoms in total. The van der Waals surface area contributed by atoms with Crippen LogP contribution in [0.15, 0.2) is 30.3 Å². The van der Waals surface area contributed by atoms with Crippen LogP contribution in [0.4, 0.5) is 11.4 Å². The third-order valence-corrected chi connectivity index (χ3v) is 7.83. The fraction of sp³-hybridized carbons (Fsp3) is 0.417. The molecule has 2 aliphatic rings. The van der Waals surface area contributed by atoms with Gasteiger partial charge in [-0.1, -0.05) is 6.07 Å². The topological polar surface area (TPSA) is 116 Å². The van der Waals surface area contributed by atoms with Crippen molar-refractivity contribution in [1.82, 2.24) is 10.3 Å².